The van der Waals surface area contributed by atoms with Gasteiger partial charge in [-0.05, 0) is 30.3 Å². The van der Waals surface area contributed by atoms with Crippen molar-refractivity contribution in [1.82, 2.24) is 15.2 Å². The highest BCUT2D eigenvalue weighted by Gasteiger charge is 2.20. The van der Waals surface area contributed by atoms with Crippen molar-refractivity contribution in [2.24, 2.45) is 0 Å². The number of benzene rings is 2. The molecule has 2 aromatic carbocycles. The van der Waals surface area contributed by atoms with Gasteiger partial charge < -0.3 is 24.3 Å². The summed E-state index contributed by atoms with van der Waals surface area (Å²) in [4.78, 5) is 4.53. The van der Waals surface area contributed by atoms with Crippen molar-refractivity contribution >= 4 is 5.95 Å². The van der Waals surface area contributed by atoms with Gasteiger partial charge in [-0.2, -0.15) is 5.10 Å². The number of nitrogens with one attached hydrogen (secondary N) is 1. The predicted octanol–water partition coefficient (Wildman–Crippen LogP) is 2.91. The van der Waals surface area contributed by atoms with Crippen molar-refractivity contribution in [2.45, 2.75) is 12.5 Å². The van der Waals surface area contributed by atoms with Crippen LogP contribution in [0.3, 0.4) is 0 Å². The Bertz CT molecular complexity index is 997. The zero-order chi connectivity index (χ0) is 18.8. The summed E-state index contributed by atoms with van der Waals surface area (Å²) in [7, 11) is 0. The van der Waals surface area contributed by atoms with Gasteiger partial charge in [0.1, 0.15) is 12.7 Å². The molecule has 0 fully saturated rings. The number of hydrogen-bond donors (Lipinski definition) is 1. The number of rotatable bonds is 5. The van der Waals surface area contributed by atoms with Crippen LogP contribution in [0.25, 0.3) is 11.3 Å². The van der Waals surface area contributed by atoms with E-state index in [0.29, 0.717) is 30.5 Å². The van der Waals surface area contributed by atoms with Crippen LogP contribution >= 0.6 is 0 Å². The third-order valence-electron chi connectivity index (χ3n) is 4.54. The van der Waals surface area contributed by atoms with Crippen molar-refractivity contribution in [2.75, 3.05) is 25.3 Å². The van der Waals surface area contributed by atoms with E-state index in [9.17, 15) is 0 Å². The molecule has 0 radical (unpaired) electrons. The van der Waals surface area contributed by atoms with E-state index in [1.54, 1.807) is 6.20 Å². The summed E-state index contributed by atoms with van der Waals surface area (Å²) in [5.41, 5.74) is 1.60. The Hall–Kier alpha value is -3.55. The lowest BCUT2D eigenvalue weighted by atomic mass is 10.1. The first-order chi connectivity index (χ1) is 13.8. The Balaban J connectivity index is 1.21. The van der Waals surface area contributed by atoms with E-state index in [1.807, 2.05) is 42.5 Å². The fourth-order valence-corrected chi connectivity index (χ4v) is 3.12. The topological polar surface area (TPSA) is 87.6 Å². The number of aromatic nitrogens is 3. The second-order valence-electron chi connectivity index (χ2n) is 6.45. The molecule has 1 atom stereocenters. The Morgan fingerprint density at radius 2 is 1.82 bits per heavy atom. The molecule has 0 saturated heterocycles. The first-order valence-corrected chi connectivity index (χ1v) is 9.07. The van der Waals surface area contributed by atoms with E-state index >= 15 is 0 Å². The van der Waals surface area contributed by atoms with Crippen LogP contribution in [0.4, 0.5) is 5.95 Å². The van der Waals surface area contributed by atoms with Gasteiger partial charge in [0, 0.05) is 18.5 Å². The van der Waals surface area contributed by atoms with Gasteiger partial charge in [0.15, 0.2) is 23.0 Å². The fourth-order valence-electron chi connectivity index (χ4n) is 3.12. The van der Waals surface area contributed by atoms with Crippen molar-refractivity contribution in [1.29, 1.82) is 0 Å². The lowest BCUT2D eigenvalue weighted by Gasteiger charge is -2.26. The molecule has 3 aromatic rings. The van der Waals surface area contributed by atoms with E-state index in [0.717, 1.165) is 29.2 Å². The van der Waals surface area contributed by atoms with Crippen LogP contribution in [0.15, 0.2) is 48.7 Å². The molecule has 1 unspecified atom stereocenters. The fraction of sp³-hybridized carbons (Fsp3) is 0.250. The smallest absolute Gasteiger partial charge is 0.243 e. The molecular formula is C20H18N4O4. The number of ether oxygens (including phenoxy) is 4. The van der Waals surface area contributed by atoms with Gasteiger partial charge in [0.05, 0.1) is 11.9 Å². The molecular weight excluding hydrogens is 360 g/mol. The third kappa shape index (κ3) is 3.36. The number of para-hydroxylation sites is 2. The molecule has 142 valence electrons. The summed E-state index contributed by atoms with van der Waals surface area (Å²) in [6.45, 7) is 1.41. The molecule has 8 nitrogen and oxygen atoms in total. The van der Waals surface area contributed by atoms with Crippen molar-refractivity contribution in [3.8, 4) is 34.3 Å². The molecule has 2 aliphatic heterocycles. The van der Waals surface area contributed by atoms with Gasteiger partial charge in [0.25, 0.3) is 0 Å². The molecule has 2 aliphatic rings. The number of anilines is 1. The second kappa shape index (κ2) is 7.22. The first-order valence-electron chi connectivity index (χ1n) is 9.07. The van der Waals surface area contributed by atoms with Gasteiger partial charge in [-0.1, -0.05) is 12.1 Å². The minimum atomic E-state index is -0.0209. The average molecular weight is 378 g/mol. The molecule has 5 rings (SSSR count). The van der Waals surface area contributed by atoms with E-state index < -0.39 is 0 Å². The minimum absolute atomic E-state index is 0.0209. The maximum absolute atomic E-state index is 5.96. The molecule has 1 N–H and O–H groups in total. The Morgan fingerprint density at radius 3 is 2.79 bits per heavy atom. The van der Waals surface area contributed by atoms with Gasteiger partial charge in [-0.25, -0.2) is 4.98 Å². The lowest BCUT2D eigenvalue weighted by molar-refractivity contribution is 0.0873. The third-order valence-corrected chi connectivity index (χ3v) is 4.54. The predicted molar refractivity (Wildman–Crippen MR) is 101 cm³/mol. The molecule has 0 spiro atoms. The molecule has 1 aromatic heterocycles. The molecule has 0 saturated carbocycles. The van der Waals surface area contributed by atoms with E-state index in [2.05, 4.69) is 20.5 Å². The number of nitrogens with zero attached hydrogens (tertiary/aromatic N) is 3. The Labute approximate surface area is 161 Å². The highest BCUT2D eigenvalue weighted by atomic mass is 16.7. The Kier molecular flexibility index (Phi) is 4.29. The van der Waals surface area contributed by atoms with Crippen LogP contribution in [-0.2, 0) is 0 Å². The van der Waals surface area contributed by atoms with Gasteiger partial charge in [-0.15, -0.1) is 5.10 Å². The van der Waals surface area contributed by atoms with E-state index in [4.69, 9.17) is 18.9 Å². The van der Waals surface area contributed by atoms with Crippen LogP contribution in [0.5, 0.6) is 23.0 Å². The molecule has 3 heterocycles. The van der Waals surface area contributed by atoms with E-state index in [-0.39, 0.29) is 12.9 Å². The Morgan fingerprint density at radius 1 is 0.964 bits per heavy atom. The zero-order valence-electron chi connectivity index (χ0n) is 15.0. The maximum atomic E-state index is 5.96. The van der Waals surface area contributed by atoms with Crippen LogP contribution in [-0.4, -0.2) is 41.2 Å². The minimum Gasteiger partial charge on any atom is -0.486 e. The second-order valence-corrected chi connectivity index (χ2v) is 6.45. The molecule has 0 bridgehead atoms. The summed E-state index contributed by atoms with van der Waals surface area (Å²) in [6, 6.07) is 13.4. The van der Waals surface area contributed by atoms with Crippen LogP contribution in [0, 0.1) is 0 Å². The lowest BCUT2D eigenvalue weighted by Crippen LogP contribution is -2.31. The van der Waals surface area contributed by atoms with Gasteiger partial charge in [0.2, 0.25) is 12.7 Å². The van der Waals surface area contributed by atoms with Crippen molar-refractivity contribution in [3.63, 3.8) is 0 Å². The first kappa shape index (κ1) is 16.6. The summed E-state index contributed by atoms with van der Waals surface area (Å²) in [5.74, 6) is 3.48. The highest BCUT2D eigenvalue weighted by Crippen LogP contribution is 2.35. The molecule has 0 aliphatic carbocycles. The summed E-state index contributed by atoms with van der Waals surface area (Å²) < 4.78 is 22.5. The average Bonchev–Trinajstić information content (AvgIpc) is 3.22. The maximum Gasteiger partial charge on any atom is 0.243 e. The SMILES string of the molecule is c1ccc2c(c1)OCC(CCNc1nncc(-c3ccc4c(c3)OCO4)n1)O2. The van der Waals surface area contributed by atoms with Crippen molar-refractivity contribution < 1.29 is 18.9 Å². The summed E-state index contributed by atoms with van der Waals surface area (Å²) in [5, 5.41) is 11.3. The number of hydrogen-bond acceptors (Lipinski definition) is 8. The summed E-state index contributed by atoms with van der Waals surface area (Å²) >= 11 is 0. The monoisotopic (exact) mass is 378 g/mol. The normalized spacial score (nSPS) is 16.6. The number of fused-ring (bicyclic) bond motifs is 2. The van der Waals surface area contributed by atoms with Crippen molar-refractivity contribution in [3.05, 3.63) is 48.7 Å². The molecule has 0 amide bonds. The van der Waals surface area contributed by atoms with Gasteiger partial charge >= 0.3 is 0 Å². The quantitative estimate of drug-likeness (QED) is 0.725. The largest absolute Gasteiger partial charge is 0.486 e. The zero-order valence-corrected chi connectivity index (χ0v) is 15.0. The summed E-state index contributed by atoms with van der Waals surface area (Å²) in [6.07, 6.45) is 2.36. The van der Waals surface area contributed by atoms with Crippen LogP contribution in [0.2, 0.25) is 0 Å². The molecule has 28 heavy (non-hydrogen) atoms. The van der Waals surface area contributed by atoms with E-state index in [1.165, 1.54) is 0 Å². The highest BCUT2D eigenvalue weighted by molar-refractivity contribution is 5.64. The standard InChI is InChI=1S/C20H18N4O4/c1-2-4-18-16(3-1)25-11-14(28-18)7-8-21-20-23-15(10-22-24-20)13-5-6-17-19(9-13)27-12-26-17/h1-6,9-10,14H,7-8,11-12H2,(H,21,23,24). The van der Waals surface area contributed by atoms with Crippen LogP contribution in [0.1, 0.15) is 6.42 Å². The molecule has 8 heteroatoms. The van der Waals surface area contributed by atoms with Gasteiger partial charge in [-0.3, -0.25) is 0 Å². The van der Waals surface area contributed by atoms with Crippen LogP contribution < -0.4 is 24.3 Å².